The first-order valence-corrected chi connectivity index (χ1v) is 7.32. The van der Waals surface area contributed by atoms with E-state index in [1.54, 1.807) is 0 Å². The average molecular weight is 280 g/mol. The summed E-state index contributed by atoms with van der Waals surface area (Å²) < 4.78 is 5.56. The number of ether oxygens (including phenoxy) is 1. The van der Waals surface area contributed by atoms with E-state index in [1.807, 2.05) is 24.3 Å². The van der Waals surface area contributed by atoms with Gasteiger partial charge < -0.3 is 9.84 Å². The van der Waals surface area contributed by atoms with E-state index in [9.17, 15) is 9.90 Å². The molecule has 1 N–H and O–H groups in total. The second kappa shape index (κ2) is 4.35. The number of hydrogen-bond donors (Lipinski definition) is 1. The minimum atomic E-state index is -0.448. The summed E-state index contributed by atoms with van der Waals surface area (Å²) in [6, 6.07) is 7.56. The van der Waals surface area contributed by atoms with Gasteiger partial charge in [0.2, 0.25) is 0 Å². The van der Waals surface area contributed by atoms with Gasteiger partial charge in [-0.25, -0.2) is 4.79 Å². The molecule has 0 aliphatic heterocycles. The fourth-order valence-electron chi connectivity index (χ4n) is 4.00. The van der Waals surface area contributed by atoms with Crippen LogP contribution in [0.4, 0.5) is 0 Å². The zero-order valence-corrected chi connectivity index (χ0v) is 11.6. The van der Waals surface area contributed by atoms with E-state index in [1.165, 1.54) is 6.08 Å². The zero-order valence-electron chi connectivity index (χ0n) is 11.6. The van der Waals surface area contributed by atoms with Crippen LogP contribution in [0.2, 0.25) is 0 Å². The molecule has 2 bridgehead atoms. The zero-order chi connectivity index (χ0) is 14.6. The lowest BCUT2D eigenvalue weighted by molar-refractivity contribution is -0.128. The molecule has 2 aliphatic rings. The Labute approximate surface area is 122 Å². The summed E-state index contributed by atoms with van der Waals surface area (Å²) in [5, 5.41) is 12.2. The summed E-state index contributed by atoms with van der Waals surface area (Å²) in [5.41, 5.74) is 2.04. The van der Waals surface area contributed by atoms with Gasteiger partial charge in [-0.15, -0.1) is 0 Å². The highest BCUT2D eigenvalue weighted by Crippen LogP contribution is 2.60. The molecule has 0 radical (unpaired) electrons. The van der Waals surface area contributed by atoms with Crippen LogP contribution in [0.3, 0.4) is 0 Å². The number of phenols is 1. The van der Waals surface area contributed by atoms with E-state index >= 15 is 0 Å². The maximum absolute atomic E-state index is 11.7. The van der Waals surface area contributed by atoms with Crippen LogP contribution in [-0.4, -0.2) is 11.1 Å². The van der Waals surface area contributed by atoms with E-state index in [0.29, 0.717) is 23.3 Å². The van der Waals surface area contributed by atoms with Gasteiger partial charge in [-0.1, -0.05) is 30.8 Å². The monoisotopic (exact) mass is 280 g/mol. The second-order valence-corrected chi connectivity index (χ2v) is 5.88. The van der Waals surface area contributed by atoms with Crippen LogP contribution in [0, 0.1) is 0 Å². The van der Waals surface area contributed by atoms with Gasteiger partial charge in [0, 0.05) is 28.0 Å². The number of benzene rings is 2. The van der Waals surface area contributed by atoms with Crippen molar-refractivity contribution in [3.63, 3.8) is 0 Å². The predicted octanol–water partition coefficient (Wildman–Crippen LogP) is 4.00. The van der Waals surface area contributed by atoms with Crippen LogP contribution in [-0.2, 0) is 4.79 Å². The van der Waals surface area contributed by atoms with Gasteiger partial charge in [0.1, 0.15) is 11.5 Å². The minimum Gasteiger partial charge on any atom is -0.507 e. The van der Waals surface area contributed by atoms with Gasteiger partial charge in [-0.2, -0.15) is 0 Å². The summed E-state index contributed by atoms with van der Waals surface area (Å²) in [5.74, 6) is 1.33. The molecule has 2 unspecified atom stereocenters. The van der Waals surface area contributed by atoms with E-state index in [-0.39, 0.29) is 0 Å². The molecule has 0 saturated heterocycles. The Morgan fingerprint density at radius 2 is 1.86 bits per heavy atom. The summed E-state index contributed by atoms with van der Waals surface area (Å²) >= 11 is 0. The number of aromatic hydroxyl groups is 1. The van der Waals surface area contributed by atoms with Crippen molar-refractivity contribution in [2.24, 2.45) is 0 Å². The highest BCUT2D eigenvalue weighted by Gasteiger charge is 2.42. The lowest BCUT2D eigenvalue weighted by Gasteiger charge is -2.22. The predicted molar refractivity (Wildman–Crippen MR) is 80.8 cm³/mol. The van der Waals surface area contributed by atoms with E-state index in [4.69, 9.17) is 4.74 Å². The van der Waals surface area contributed by atoms with Crippen molar-refractivity contribution in [2.75, 3.05) is 0 Å². The van der Waals surface area contributed by atoms with Gasteiger partial charge in [0.15, 0.2) is 0 Å². The molecule has 2 aromatic carbocycles. The molecule has 3 heteroatoms. The van der Waals surface area contributed by atoms with Crippen LogP contribution in [0.1, 0.15) is 42.2 Å². The molecule has 0 spiro atoms. The number of carbonyl (C=O) groups excluding carboxylic acids is 1. The third-order valence-corrected chi connectivity index (χ3v) is 4.84. The highest BCUT2D eigenvalue weighted by molar-refractivity contribution is 5.99. The fourth-order valence-corrected chi connectivity index (χ4v) is 4.00. The molecule has 3 nitrogen and oxygen atoms in total. The topological polar surface area (TPSA) is 46.5 Å². The first-order valence-electron chi connectivity index (χ1n) is 7.32. The highest BCUT2D eigenvalue weighted by atomic mass is 16.5. The number of hydrogen-bond acceptors (Lipinski definition) is 3. The Morgan fingerprint density at radius 1 is 1.19 bits per heavy atom. The summed E-state index contributed by atoms with van der Waals surface area (Å²) in [6.07, 6.45) is 4.45. The minimum absolute atomic E-state index is 0.367. The lowest BCUT2D eigenvalue weighted by atomic mass is 9.87. The molecule has 2 aromatic rings. The molecule has 0 aromatic heterocycles. The van der Waals surface area contributed by atoms with Crippen LogP contribution >= 0.6 is 0 Å². The van der Waals surface area contributed by atoms with Crippen molar-refractivity contribution >= 4 is 16.7 Å². The normalized spacial score (nSPS) is 22.3. The first-order chi connectivity index (χ1) is 10.2. The van der Waals surface area contributed by atoms with E-state index in [2.05, 4.69) is 6.58 Å². The summed E-state index contributed by atoms with van der Waals surface area (Å²) in [6.45, 7) is 3.47. The largest absolute Gasteiger partial charge is 0.507 e. The molecule has 106 valence electrons. The maximum atomic E-state index is 11.7. The number of fused-ring (bicyclic) bond motifs is 6. The van der Waals surface area contributed by atoms with Gasteiger partial charge >= 0.3 is 5.97 Å². The number of esters is 1. The summed E-state index contributed by atoms with van der Waals surface area (Å²) in [7, 11) is 0. The van der Waals surface area contributed by atoms with Gasteiger partial charge in [-0.3, -0.25) is 0 Å². The SMILES string of the molecule is C=CC(=O)Oc1c2c(c(O)c3ccccc13)C1CCC2C1. The molecule has 1 fully saturated rings. The molecule has 2 aliphatic carbocycles. The standard InChI is InChI=1S/C18H16O3/c1-2-14(19)21-18-13-6-4-3-5-12(13)17(20)15-10-7-8-11(9-10)16(15)18/h2-6,10-11,20H,1,7-9H2. The Morgan fingerprint density at radius 3 is 2.57 bits per heavy atom. The first kappa shape index (κ1) is 12.5. The van der Waals surface area contributed by atoms with Crippen LogP contribution < -0.4 is 4.74 Å². The molecule has 2 atom stereocenters. The molecular formula is C18H16O3. The molecular weight excluding hydrogens is 264 g/mol. The van der Waals surface area contributed by atoms with Crippen molar-refractivity contribution in [1.82, 2.24) is 0 Å². The lowest BCUT2D eigenvalue weighted by Crippen LogP contribution is -2.09. The Hall–Kier alpha value is -2.29. The smallest absolute Gasteiger partial charge is 0.335 e. The molecule has 21 heavy (non-hydrogen) atoms. The maximum Gasteiger partial charge on any atom is 0.335 e. The average Bonchev–Trinajstić information content (AvgIpc) is 3.12. The number of rotatable bonds is 2. The van der Waals surface area contributed by atoms with Crippen LogP contribution in [0.5, 0.6) is 11.5 Å². The van der Waals surface area contributed by atoms with Crippen molar-refractivity contribution in [1.29, 1.82) is 0 Å². The van der Waals surface area contributed by atoms with Gasteiger partial charge in [0.25, 0.3) is 0 Å². The Kier molecular flexibility index (Phi) is 2.58. The summed E-state index contributed by atoms with van der Waals surface area (Å²) in [4.78, 5) is 11.7. The van der Waals surface area contributed by atoms with Gasteiger partial charge in [-0.05, 0) is 31.1 Å². The third kappa shape index (κ3) is 1.63. The molecule has 0 amide bonds. The van der Waals surface area contributed by atoms with E-state index in [0.717, 1.165) is 41.2 Å². The van der Waals surface area contributed by atoms with Crippen LogP contribution in [0.15, 0.2) is 36.9 Å². The quantitative estimate of drug-likeness (QED) is 0.514. The van der Waals surface area contributed by atoms with Crippen LogP contribution in [0.25, 0.3) is 10.8 Å². The molecule has 1 saturated carbocycles. The van der Waals surface area contributed by atoms with Gasteiger partial charge in [0.05, 0.1) is 0 Å². The number of phenolic OH excluding ortho intramolecular Hbond substituents is 1. The molecule has 0 heterocycles. The Balaban J connectivity index is 2.06. The third-order valence-electron chi connectivity index (χ3n) is 4.84. The fraction of sp³-hybridized carbons (Fsp3) is 0.278. The van der Waals surface area contributed by atoms with Crippen molar-refractivity contribution < 1.29 is 14.6 Å². The van der Waals surface area contributed by atoms with Crippen molar-refractivity contribution in [2.45, 2.75) is 31.1 Å². The molecule has 4 rings (SSSR count). The van der Waals surface area contributed by atoms with Crippen molar-refractivity contribution in [3.05, 3.63) is 48.0 Å². The van der Waals surface area contributed by atoms with E-state index < -0.39 is 5.97 Å². The second-order valence-electron chi connectivity index (χ2n) is 5.88. The van der Waals surface area contributed by atoms with Crippen molar-refractivity contribution in [3.8, 4) is 11.5 Å². The Bertz CT molecular complexity index is 776. The number of carbonyl (C=O) groups is 1.